The highest BCUT2D eigenvalue weighted by Gasteiger charge is 2.13. The molecule has 1 aliphatic heterocycles. The fraction of sp³-hybridized carbons (Fsp3) is 0.900. The Bertz CT molecular complexity index is 182. The first-order valence-corrected chi connectivity index (χ1v) is 5.54. The maximum Gasteiger partial charge on any atom is 0.314 e. The van der Waals surface area contributed by atoms with Crippen LogP contribution in [0.4, 0.5) is 4.79 Å². The summed E-state index contributed by atoms with van der Waals surface area (Å²) in [5.41, 5.74) is 0. The van der Waals surface area contributed by atoms with Crippen LogP contribution in [0.2, 0.25) is 0 Å². The predicted molar refractivity (Wildman–Crippen MR) is 58.9 cm³/mol. The molecule has 2 amide bonds. The Morgan fingerprint density at radius 3 is 3.07 bits per heavy atom. The van der Waals surface area contributed by atoms with E-state index in [0.29, 0.717) is 19.1 Å². The summed E-state index contributed by atoms with van der Waals surface area (Å²) in [6.45, 7) is 3.99. The van der Waals surface area contributed by atoms with Gasteiger partial charge in [0.2, 0.25) is 0 Å². The van der Waals surface area contributed by atoms with Crippen molar-refractivity contribution < 1.29 is 9.53 Å². The Hall–Kier alpha value is -0.810. The molecule has 3 N–H and O–H groups in total. The van der Waals surface area contributed by atoms with Gasteiger partial charge in [-0.05, 0) is 31.8 Å². The fourth-order valence-corrected chi connectivity index (χ4v) is 1.66. The highest BCUT2D eigenvalue weighted by atomic mass is 16.5. The molecule has 1 unspecified atom stereocenters. The van der Waals surface area contributed by atoms with E-state index in [1.54, 1.807) is 7.11 Å². The minimum absolute atomic E-state index is 0.0994. The summed E-state index contributed by atoms with van der Waals surface area (Å²) in [7, 11) is 1.62. The van der Waals surface area contributed by atoms with Crippen LogP contribution in [0.5, 0.6) is 0 Å². The van der Waals surface area contributed by atoms with Crippen LogP contribution in [-0.2, 0) is 4.74 Å². The van der Waals surface area contributed by atoms with Crippen molar-refractivity contribution in [2.75, 3.05) is 39.9 Å². The molecule has 1 saturated heterocycles. The summed E-state index contributed by atoms with van der Waals surface area (Å²) in [6.07, 6.45) is 2.41. The second-order valence-electron chi connectivity index (χ2n) is 3.84. The molecule has 1 heterocycles. The first kappa shape index (κ1) is 12.3. The molecule has 0 spiro atoms. The molecule has 1 atom stereocenters. The van der Waals surface area contributed by atoms with Crippen LogP contribution in [0.25, 0.3) is 0 Å². The highest BCUT2D eigenvalue weighted by Crippen LogP contribution is 2.07. The number of amides is 2. The third-order valence-corrected chi connectivity index (χ3v) is 2.54. The van der Waals surface area contributed by atoms with Crippen molar-refractivity contribution in [1.29, 1.82) is 0 Å². The number of hydrogen-bond acceptors (Lipinski definition) is 3. The van der Waals surface area contributed by atoms with Crippen molar-refractivity contribution in [2.45, 2.75) is 12.8 Å². The molecule has 0 aromatic heterocycles. The van der Waals surface area contributed by atoms with Gasteiger partial charge in [0, 0.05) is 20.2 Å². The highest BCUT2D eigenvalue weighted by molar-refractivity contribution is 5.73. The molecular weight excluding hydrogens is 194 g/mol. The Labute approximate surface area is 90.9 Å². The molecule has 1 fully saturated rings. The van der Waals surface area contributed by atoms with Crippen LogP contribution in [-0.4, -0.2) is 45.9 Å². The van der Waals surface area contributed by atoms with Crippen LogP contribution < -0.4 is 16.0 Å². The number of methoxy groups -OCH3 is 1. The van der Waals surface area contributed by atoms with Gasteiger partial charge in [-0.1, -0.05) is 0 Å². The van der Waals surface area contributed by atoms with Gasteiger partial charge >= 0.3 is 6.03 Å². The van der Waals surface area contributed by atoms with Gasteiger partial charge in [0.15, 0.2) is 0 Å². The van der Waals surface area contributed by atoms with E-state index in [4.69, 9.17) is 4.74 Å². The van der Waals surface area contributed by atoms with Gasteiger partial charge in [-0.15, -0.1) is 0 Å². The standard InChI is InChI=1S/C10H21N3O2/c1-15-6-5-12-10(14)13-8-9-3-2-4-11-7-9/h9,11H,2-8H2,1H3,(H2,12,13,14). The minimum Gasteiger partial charge on any atom is -0.383 e. The number of piperidine rings is 1. The molecule has 1 aliphatic rings. The SMILES string of the molecule is COCCNC(=O)NCC1CCCNC1. The third-order valence-electron chi connectivity index (χ3n) is 2.54. The van der Waals surface area contributed by atoms with Crippen molar-refractivity contribution in [3.63, 3.8) is 0 Å². The lowest BCUT2D eigenvalue weighted by Crippen LogP contribution is -2.42. The lowest BCUT2D eigenvalue weighted by molar-refractivity contribution is 0.195. The van der Waals surface area contributed by atoms with E-state index in [1.807, 2.05) is 0 Å². The number of hydrogen-bond donors (Lipinski definition) is 3. The monoisotopic (exact) mass is 215 g/mol. The molecule has 1 rings (SSSR count). The van der Waals surface area contributed by atoms with E-state index in [-0.39, 0.29) is 6.03 Å². The largest absolute Gasteiger partial charge is 0.383 e. The smallest absolute Gasteiger partial charge is 0.314 e. The van der Waals surface area contributed by atoms with Gasteiger partial charge in [0.1, 0.15) is 0 Å². The average molecular weight is 215 g/mol. The summed E-state index contributed by atoms with van der Waals surface area (Å²) in [4.78, 5) is 11.3. The molecule has 5 nitrogen and oxygen atoms in total. The van der Waals surface area contributed by atoms with E-state index >= 15 is 0 Å². The maximum absolute atomic E-state index is 11.3. The predicted octanol–water partition coefficient (Wildman–Crippen LogP) is -0.0684. The normalized spacial score (nSPS) is 21.0. The third kappa shape index (κ3) is 5.59. The second kappa shape index (κ2) is 7.48. The quantitative estimate of drug-likeness (QED) is 0.563. The minimum atomic E-state index is -0.0994. The summed E-state index contributed by atoms with van der Waals surface area (Å²) >= 11 is 0. The van der Waals surface area contributed by atoms with Crippen molar-refractivity contribution in [3.05, 3.63) is 0 Å². The van der Waals surface area contributed by atoms with Crippen LogP contribution in [0.3, 0.4) is 0 Å². The first-order chi connectivity index (χ1) is 7.33. The van der Waals surface area contributed by atoms with Gasteiger partial charge in [-0.25, -0.2) is 4.79 Å². The summed E-state index contributed by atoms with van der Waals surface area (Å²) in [5.74, 6) is 0.576. The number of nitrogens with one attached hydrogen (secondary N) is 3. The van der Waals surface area contributed by atoms with E-state index < -0.39 is 0 Å². The molecule has 0 bridgehead atoms. The molecule has 88 valence electrons. The van der Waals surface area contributed by atoms with Gasteiger partial charge in [-0.2, -0.15) is 0 Å². The second-order valence-corrected chi connectivity index (χ2v) is 3.84. The zero-order chi connectivity index (χ0) is 10.9. The Balaban J connectivity index is 2.00. The number of ether oxygens (including phenoxy) is 1. The van der Waals surface area contributed by atoms with E-state index in [2.05, 4.69) is 16.0 Å². The van der Waals surface area contributed by atoms with E-state index in [0.717, 1.165) is 19.6 Å². The number of rotatable bonds is 5. The van der Waals surface area contributed by atoms with Crippen molar-refractivity contribution >= 4 is 6.03 Å². The first-order valence-electron chi connectivity index (χ1n) is 5.54. The number of carbonyl (C=O) groups excluding carboxylic acids is 1. The fourth-order valence-electron chi connectivity index (χ4n) is 1.66. The summed E-state index contributed by atoms with van der Waals surface area (Å²) in [5, 5.41) is 8.91. The summed E-state index contributed by atoms with van der Waals surface area (Å²) in [6, 6.07) is -0.0994. The van der Waals surface area contributed by atoms with E-state index in [1.165, 1.54) is 12.8 Å². The Morgan fingerprint density at radius 1 is 1.53 bits per heavy atom. The molecule has 0 aromatic rings. The van der Waals surface area contributed by atoms with Crippen LogP contribution in [0.15, 0.2) is 0 Å². The number of urea groups is 1. The maximum atomic E-state index is 11.3. The lowest BCUT2D eigenvalue weighted by atomic mass is 10.00. The Kier molecular flexibility index (Phi) is 6.11. The molecule has 15 heavy (non-hydrogen) atoms. The van der Waals surface area contributed by atoms with Gasteiger partial charge < -0.3 is 20.7 Å². The van der Waals surface area contributed by atoms with Crippen LogP contribution >= 0.6 is 0 Å². The topological polar surface area (TPSA) is 62.4 Å². The molecule has 0 aliphatic carbocycles. The zero-order valence-electron chi connectivity index (χ0n) is 9.34. The molecule has 0 radical (unpaired) electrons. The van der Waals surface area contributed by atoms with Crippen molar-refractivity contribution in [3.8, 4) is 0 Å². The average Bonchev–Trinajstić information content (AvgIpc) is 2.28. The molecular formula is C10H21N3O2. The Morgan fingerprint density at radius 2 is 2.40 bits per heavy atom. The van der Waals surface area contributed by atoms with Gasteiger partial charge in [0.05, 0.1) is 6.61 Å². The zero-order valence-corrected chi connectivity index (χ0v) is 9.34. The molecule has 0 aromatic carbocycles. The van der Waals surface area contributed by atoms with E-state index in [9.17, 15) is 4.79 Å². The lowest BCUT2D eigenvalue weighted by Gasteiger charge is -2.22. The van der Waals surface area contributed by atoms with Crippen LogP contribution in [0, 0.1) is 5.92 Å². The van der Waals surface area contributed by atoms with Crippen LogP contribution in [0.1, 0.15) is 12.8 Å². The van der Waals surface area contributed by atoms with Crippen molar-refractivity contribution in [2.24, 2.45) is 5.92 Å². The molecule has 5 heteroatoms. The molecule has 0 saturated carbocycles. The number of carbonyl (C=O) groups is 1. The summed E-state index contributed by atoms with van der Waals surface area (Å²) < 4.78 is 4.83. The van der Waals surface area contributed by atoms with Gasteiger partial charge in [0.25, 0.3) is 0 Å². The van der Waals surface area contributed by atoms with Gasteiger partial charge in [-0.3, -0.25) is 0 Å². The van der Waals surface area contributed by atoms with Crippen molar-refractivity contribution in [1.82, 2.24) is 16.0 Å².